The van der Waals surface area contributed by atoms with Crippen molar-refractivity contribution < 1.29 is 19.0 Å². The summed E-state index contributed by atoms with van der Waals surface area (Å²) in [5, 5.41) is 9.82. The summed E-state index contributed by atoms with van der Waals surface area (Å²) in [6.07, 6.45) is 0.715. The van der Waals surface area contributed by atoms with Crippen LogP contribution >= 0.6 is 0 Å². The largest absolute Gasteiger partial charge is 0.494 e. The lowest BCUT2D eigenvalue weighted by Crippen LogP contribution is -2.34. The first-order chi connectivity index (χ1) is 8.91. The Morgan fingerprint density at radius 2 is 2.32 bits per heavy atom. The number of nitrogens with zero attached hydrogens (tertiary/aromatic N) is 1. The molecule has 0 saturated carbocycles. The van der Waals surface area contributed by atoms with Gasteiger partial charge in [-0.15, -0.1) is 0 Å². The maximum atomic E-state index is 13.5. The van der Waals surface area contributed by atoms with Gasteiger partial charge in [0.15, 0.2) is 11.6 Å². The quantitative estimate of drug-likeness (QED) is 0.899. The summed E-state index contributed by atoms with van der Waals surface area (Å²) in [5.41, 5.74) is -0.198. The minimum absolute atomic E-state index is 0.0951. The number of likely N-dealkylation sites (tertiary alicyclic amines) is 1. The first-order valence-electron chi connectivity index (χ1n) is 6.24. The molecule has 1 aromatic rings. The molecule has 1 heterocycles. The van der Waals surface area contributed by atoms with Gasteiger partial charge in [0.05, 0.1) is 19.1 Å². The fourth-order valence-electron chi connectivity index (χ4n) is 2.26. The highest BCUT2D eigenvalue weighted by Crippen LogP contribution is 2.22. The Hall–Kier alpha value is -1.62. The van der Waals surface area contributed by atoms with Gasteiger partial charge in [-0.3, -0.25) is 4.79 Å². The molecule has 0 aromatic heterocycles. The van der Waals surface area contributed by atoms with Crippen LogP contribution in [0.5, 0.6) is 5.75 Å². The number of halogens is 1. The minimum Gasteiger partial charge on any atom is -0.494 e. The van der Waals surface area contributed by atoms with Gasteiger partial charge in [0.25, 0.3) is 0 Å². The van der Waals surface area contributed by atoms with Crippen molar-refractivity contribution in [3.8, 4) is 5.75 Å². The molecule has 104 valence electrons. The molecule has 0 radical (unpaired) electrons. The molecule has 1 aliphatic rings. The molecular formula is C14H18FNO3. The lowest BCUT2D eigenvalue weighted by Gasteiger charge is -2.19. The van der Waals surface area contributed by atoms with E-state index in [1.807, 2.05) is 0 Å². The van der Waals surface area contributed by atoms with Crippen molar-refractivity contribution in [1.29, 1.82) is 0 Å². The predicted molar refractivity (Wildman–Crippen MR) is 68.5 cm³/mol. The number of amides is 1. The van der Waals surface area contributed by atoms with Crippen molar-refractivity contribution >= 4 is 5.91 Å². The van der Waals surface area contributed by atoms with E-state index in [1.165, 1.54) is 19.2 Å². The average Bonchev–Trinajstić information content (AvgIpc) is 2.70. The van der Waals surface area contributed by atoms with Crippen LogP contribution in [-0.4, -0.2) is 41.7 Å². The number of β-amino-alcohol motifs (C(OH)–C–C–N with tert-alkyl or cyclic N) is 1. The van der Waals surface area contributed by atoms with Gasteiger partial charge in [0.2, 0.25) is 5.91 Å². The molecule has 19 heavy (non-hydrogen) atoms. The number of ether oxygens (including phenoxy) is 1. The number of aliphatic hydroxyl groups is 1. The lowest BCUT2D eigenvalue weighted by molar-refractivity contribution is -0.130. The zero-order valence-electron chi connectivity index (χ0n) is 11.1. The molecule has 2 rings (SSSR count). The van der Waals surface area contributed by atoms with E-state index in [-0.39, 0.29) is 18.1 Å². The maximum absolute atomic E-state index is 13.5. The van der Waals surface area contributed by atoms with Crippen LogP contribution in [0.15, 0.2) is 18.2 Å². The third-order valence-electron chi connectivity index (χ3n) is 3.38. The van der Waals surface area contributed by atoms with Gasteiger partial charge in [0, 0.05) is 13.1 Å². The monoisotopic (exact) mass is 267 g/mol. The van der Waals surface area contributed by atoms with Crippen LogP contribution in [0.4, 0.5) is 4.39 Å². The summed E-state index contributed by atoms with van der Waals surface area (Å²) >= 11 is 0. The number of carbonyl (C=O) groups is 1. The SMILES string of the molecule is COc1ccc(CC(=O)N2CCC(C)(O)C2)cc1F. The Bertz CT molecular complexity index is 488. The van der Waals surface area contributed by atoms with E-state index in [2.05, 4.69) is 0 Å². The molecule has 1 saturated heterocycles. The zero-order valence-corrected chi connectivity index (χ0v) is 11.1. The molecule has 1 atom stereocenters. The van der Waals surface area contributed by atoms with Crippen LogP contribution in [0.2, 0.25) is 0 Å². The number of carbonyl (C=O) groups excluding carboxylic acids is 1. The van der Waals surface area contributed by atoms with E-state index in [1.54, 1.807) is 17.9 Å². The number of benzene rings is 1. The second kappa shape index (κ2) is 5.17. The normalized spacial score (nSPS) is 22.6. The standard InChI is InChI=1S/C14H18FNO3/c1-14(18)5-6-16(9-14)13(17)8-10-3-4-12(19-2)11(15)7-10/h3-4,7,18H,5-6,8-9H2,1-2H3. The minimum atomic E-state index is -0.805. The number of hydrogen-bond acceptors (Lipinski definition) is 3. The first kappa shape index (κ1) is 13.8. The van der Waals surface area contributed by atoms with E-state index in [4.69, 9.17) is 4.74 Å². The molecule has 1 aromatic carbocycles. The van der Waals surface area contributed by atoms with Crippen molar-refractivity contribution in [1.82, 2.24) is 4.90 Å². The van der Waals surface area contributed by atoms with Gasteiger partial charge < -0.3 is 14.7 Å². The van der Waals surface area contributed by atoms with Gasteiger partial charge in [-0.2, -0.15) is 0 Å². The van der Waals surface area contributed by atoms with Gasteiger partial charge in [0.1, 0.15) is 0 Å². The molecule has 1 fully saturated rings. The van der Waals surface area contributed by atoms with Crippen molar-refractivity contribution in [3.63, 3.8) is 0 Å². The number of methoxy groups -OCH3 is 1. The van der Waals surface area contributed by atoms with E-state index < -0.39 is 11.4 Å². The highest BCUT2D eigenvalue weighted by molar-refractivity contribution is 5.79. The highest BCUT2D eigenvalue weighted by atomic mass is 19.1. The van der Waals surface area contributed by atoms with E-state index >= 15 is 0 Å². The summed E-state index contributed by atoms with van der Waals surface area (Å²) in [6.45, 7) is 2.60. The Labute approximate surface area is 111 Å². The molecule has 1 aliphatic heterocycles. The van der Waals surface area contributed by atoms with Crippen LogP contribution < -0.4 is 4.74 Å². The first-order valence-corrected chi connectivity index (χ1v) is 6.24. The molecular weight excluding hydrogens is 249 g/mol. The summed E-state index contributed by atoms with van der Waals surface area (Å²) in [5.74, 6) is -0.399. The average molecular weight is 267 g/mol. The Morgan fingerprint density at radius 3 is 2.84 bits per heavy atom. The van der Waals surface area contributed by atoms with Crippen LogP contribution in [0, 0.1) is 5.82 Å². The zero-order chi connectivity index (χ0) is 14.0. The molecule has 0 spiro atoms. The third kappa shape index (κ3) is 3.23. The van der Waals surface area contributed by atoms with E-state index in [0.29, 0.717) is 25.1 Å². The van der Waals surface area contributed by atoms with Crippen LogP contribution in [0.25, 0.3) is 0 Å². The second-order valence-corrected chi connectivity index (χ2v) is 5.21. The molecule has 4 nitrogen and oxygen atoms in total. The van der Waals surface area contributed by atoms with Gasteiger partial charge in [-0.1, -0.05) is 6.07 Å². The summed E-state index contributed by atoms with van der Waals surface area (Å²) in [6, 6.07) is 4.50. The van der Waals surface area contributed by atoms with Crippen molar-refractivity contribution in [2.45, 2.75) is 25.4 Å². The molecule has 1 amide bonds. The van der Waals surface area contributed by atoms with Crippen molar-refractivity contribution in [2.75, 3.05) is 20.2 Å². The lowest BCUT2D eigenvalue weighted by atomic mass is 10.1. The predicted octanol–water partition coefficient (Wildman–Crippen LogP) is 1.36. The molecule has 1 unspecified atom stereocenters. The second-order valence-electron chi connectivity index (χ2n) is 5.21. The molecule has 0 bridgehead atoms. The third-order valence-corrected chi connectivity index (χ3v) is 3.38. The van der Waals surface area contributed by atoms with E-state index in [9.17, 15) is 14.3 Å². The van der Waals surface area contributed by atoms with Crippen LogP contribution in [0.1, 0.15) is 18.9 Å². The smallest absolute Gasteiger partial charge is 0.227 e. The fraction of sp³-hybridized carbons (Fsp3) is 0.500. The van der Waals surface area contributed by atoms with Crippen molar-refractivity contribution in [3.05, 3.63) is 29.6 Å². The number of hydrogen-bond donors (Lipinski definition) is 1. The van der Waals surface area contributed by atoms with Crippen molar-refractivity contribution in [2.24, 2.45) is 0 Å². The van der Waals surface area contributed by atoms with Crippen LogP contribution in [0.3, 0.4) is 0 Å². The van der Waals surface area contributed by atoms with Gasteiger partial charge >= 0.3 is 0 Å². The summed E-state index contributed by atoms with van der Waals surface area (Å²) in [7, 11) is 1.40. The summed E-state index contributed by atoms with van der Waals surface area (Å²) < 4.78 is 18.3. The van der Waals surface area contributed by atoms with E-state index in [0.717, 1.165) is 0 Å². The number of rotatable bonds is 3. The molecule has 0 aliphatic carbocycles. The highest BCUT2D eigenvalue weighted by Gasteiger charge is 2.33. The maximum Gasteiger partial charge on any atom is 0.227 e. The van der Waals surface area contributed by atoms with Crippen LogP contribution in [-0.2, 0) is 11.2 Å². The molecule has 1 N–H and O–H groups in total. The van der Waals surface area contributed by atoms with Gasteiger partial charge in [-0.25, -0.2) is 4.39 Å². The van der Waals surface area contributed by atoms with Gasteiger partial charge in [-0.05, 0) is 31.0 Å². The Balaban J connectivity index is 2.01. The topological polar surface area (TPSA) is 49.8 Å². The Morgan fingerprint density at radius 1 is 1.58 bits per heavy atom. The molecule has 5 heteroatoms. The summed E-state index contributed by atoms with van der Waals surface area (Å²) in [4.78, 5) is 13.6. The fourth-order valence-corrected chi connectivity index (χ4v) is 2.26. The Kier molecular flexibility index (Phi) is 3.75.